The number of ether oxygens (including phenoxy) is 1. The van der Waals surface area contributed by atoms with Crippen LogP contribution >= 0.6 is 11.8 Å². The van der Waals surface area contributed by atoms with Gasteiger partial charge in [0.1, 0.15) is 11.6 Å². The Morgan fingerprint density at radius 2 is 1.67 bits per heavy atom. The molecule has 0 aliphatic rings. The van der Waals surface area contributed by atoms with E-state index in [0.29, 0.717) is 5.69 Å². The lowest BCUT2D eigenvalue weighted by Crippen LogP contribution is -2.15. The Hall–Kier alpha value is -3.04. The zero-order valence-corrected chi connectivity index (χ0v) is 17.6. The second kappa shape index (κ2) is 9.64. The van der Waals surface area contributed by atoms with Gasteiger partial charge in [-0.05, 0) is 60.7 Å². The Morgan fingerprint density at radius 1 is 1.00 bits per heavy atom. The van der Waals surface area contributed by atoms with Gasteiger partial charge < -0.3 is 10.1 Å². The molecule has 0 radical (unpaired) electrons. The van der Waals surface area contributed by atoms with E-state index in [1.165, 1.54) is 60.3 Å². The Labute approximate surface area is 178 Å². The van der Waals surface area contributed by atoms with Gasteiger partial charge in [0.15, 0.2) is 0 Å². The van der Waals surface area contributed by atoms with Crippen LogP contribution in [0.25, 0.3) is 0 Å². The topological polar surface area (TPSA) is 84.5 Å². The van der Waals surface area contributed by atoms with Gasteiger partial charge in [-0.3, -0.25) is 9.52 Å². The van der Waals surface area contributed by atoms with E-state index < -0.39 is 15.8 Å². The largest absolute Gasteiger partial charge is 0.497 e. The molecule has 0 saturated carbocycles. The highest BCUT2D eigenvalue weighted by molar-refractivity contribution is 8.00. The van der Waals surface area contributed by atoms with E-state index >= 15 is 0 Å². The summed E-state index contributed by atoms with van der Waals surface area (Å²) in [6.45, 7) is 0. The number of hydrogen-bond donors (Lipinski definition) is 2. The molecule has 2 N–H and O–H groups in total. The molecular weight excluding hydrogens is 427 g/mol. The molecule has 9 heteroatoms. The summed E-state index contributed by atoms with van der Waals surface area (Å²) >= 11 is 1.37. The minimum absolute atomic E-state index is 0.0450. The number of thioether (sulfide) groups is 1. The van der Waals surface area contributed by atoms with E-state index in [1.807, 2.05) is 24.3 Å². The smallest absolute Gasteiger partial charge is 0.261 e. The molecule has 156 valence electrons. The third-order valence-corrected chi connectivity index (χ3v) is 6.39. The molecule has 0 aliphatic heterocycles. The van der Waals surface area contributed by atoms with Crippen LogP contribution in [0.15, 0.2) is 82.6 Å². The standard InChI is InChI=1S/C21H19FN2O4S2/c1-28-16-8-10-17(11-9-16)29-14-21(25)23-15-6-12-18(13-7-15)30(26,27)24-20-5-3-2-4-19(20)22/h2-13,24H,14H2,1H3,(H,23,25). The van der Waals surface area contributed by atoms with Crippen molar-refractivity contribution in [3.05, 3.63) is 78.6 Å². The third-order valence-electron chi connectivity index (χ3n) is 4.00. The third kappa shape index (κ3) is 5.74. The molecule has 0 atom stereocenters. The van der Waals surface area contributed by atoms with Crippen LogP contribution in [0.5, 0.6) is 5.75 Å². The van der Waals surface area contributed by atoms with Crippen molar-refractivity contribution in [1.29, 1.82) is 0 Å². The van der Waals surface area contributed by atoms with Crippen LogP contribution in [-0.4, -0.2) is 27.2 Å². The van der Waals surface area contributed by atoms with Crippen molar-refractivity contribution in [3.8, 4) is 5.75 Å². The maximum absolute atomic E-state index is 13.7. The zero-order chi connectivity index (χ0) is 21.6. The molecule has 3 aromatic carbocycles. The number of carbonyl (C=O) groups excluding carboxylic acids is 1. The van der Waals surface area contributed by atoms with Gasteiger partial charge in [-0.2, -0.15) is 0 Å². The van der Waals surface area contributed by atoms with E-state index in [1.54, 1.807) is 7.11 Å². The zero-order valence-electron chi connectivity index (χ0n) is 16.0. The molecule has 0 saturated heterocycles. The summed E-state index contributed by atoms with van der Waals surface area (Å²) < 4.78 is 45.8. The van der Waals surface area contributed by atoms with Gasteiger partial charge in [-0.15, -0.1) is 11.8 Å². The number of halogens is 1. The van der Waals surface area contributed by atoms with Crippen molar-refractivity contribution in [3.63, 3.8) is 0 Å². The fourth-order valence-corrected chi connectivity index (χ4v) is 4.25. The first-order valence-electron chi connectivity index (χ1n) is 8.81. The minimum Gasteiger partial charge on any atom is -0.497 e. The first-order chi connectivity index (χ1) is 14.4. The van der Waals surface area contributed by atoms with Crippen molar-refractivity contribution in [1.82, 2.24) is 0 Å². The second-order valence-electron chi connectivity index (χ2n) is 6.12. The summed E-state index contributed by atoms with van der Waals surface area (Å²) in [6, 6.07) is 18.5. The number of anilines is 2. The summed E-state index contributed by atoms with van der Waals surface area (Å²) in [5.41, 5.74) is 0.325. The van der Waals surface area contributed by atoms with Gasteiger partial charge in [-0.1, -0.05) is 12.1 Å². The van der Waals surface area contributed by atoms with Crippen LogP contribution in [0, 0.1) is 5.82 Å². The molecule has 30 heavy (non-hydrogen) atoms. The summed E-state index contributed by atoms with van der Waals surface area (Å²) in [5, 5.41) is 2.71. The Kier molecular flexibility index (Phi) is 6.96. The average Bonchev–Trinajstić information content (AvgIpc) is 2.74. The quantitative estimate of drug-likeness (QED) is 0.502. The molecule has 0 heterocycles. The molecule has 0 aromatic heterocycles. The highest BCUT2D eigenvalue weighted by Crippen LogP contribution is 2.23. The van der Waals surface area contributed by atoms with Crippen molar-refractivity contribution in [2.24, 2.45) is 0 Å². The first-order valence-corrected chi connectivity index (χ1v) is 11.3. The highest BCUT2D eigenvalue weighted by Gasteiger charge is 2.16. The normalized spacial score (nSPS) is 11.0. The molecule has 1 amide bonds. The van der Waals surface area contributed by atoms with E-state index in [0.717, 1.165) is 10.6 Å². The molecule has 0 aliphatic carbocycles. The predicted octanol–water partition coefficient (Wildman–Crippen LogP) is 4.37. The molecule has 3 rings (SSSR count). The van der Waals surface area contributed by atoms with E-state index in [4.69, 9.17) is 4.74 Å². The Balaban J connectivity index is 1.58. The van der Waals surface area contributed by atoms with Crippen molar-refractivity contribution < 1.29 is 22.3 Å². The van der Waals surface area contributed by atoms with Gasteiger partial charge in [0.2, 0.25) is 5.91 Å². The van der Waals surface area contributed by atoms with Gasteiger partial charge >= 0.3 is 0 Å². The number of benzene rings is 3. The molecule has 0 spiro atoms. The molecular formula is C21H19FN2O4S2. The summed E-state index contributed by atoms with van der Waals surface area (Å²) in [5.74, 6) is 0.0415. The van der Waals surface area contributed by atoms with Crippen LogP contribution in [-0.2, 0) is 14.8 Å². The van der Waals surface area contributed by atoms with Crippen LogP contribution in [0.1, 0.15) is 0 Å². The molecule has 0 bridgehead atoms. The van der Waals surface area contributed by atoms with Crippen molar-refractivity contribution in [2.75, 3.05) is 22.9 Å². The van der Waals surface area contributed by atoms with Crippen LogP contribution in [0.2, 0.25) is 0 Å². The van der Waals surface area contributed by atoms with Gasteiger partial charge in [-0.25, -0.2) is 12.8 Å². The maximum atomic E-state index is 13.7. The van der Waals surface area contributed by atoms with Crippen molar-refractivity contribution in [2.45, 2.75) is 9.79 Å². The van der Waals surface area contributed by atoms with Crippen molar-refractivity contribution >= 4 is 39.1 Å². The first kappa shape index (κ1) is 21.7. The lowest BCUT2D eigenvalue weighted by molar-refractivity contribution is -0.113. The van der Waals surface area contributed by atoms with Crippen LogP contribution < -0.4 is 14.8 Å². The number of amides is 1. The van der Waals surface area contributed by atoms with Crippen LogP contribution in [0.4, 0.5) is 15.8 Å². The monoisotopic (exact) mass is 446 g/mol. The number of para-hydroxylation sites is 1. The van der Waals surface area contributed by atoms with Gasteiger partial charge in [0, 0.05) is 10.6 Å². The fourth-order valence-electron chi connectivity index (χ4n) is 2.48. The molecule has 0 unspecified atom stereocenters. The maximum Gasteiger partial charge on any atom is 0.261 e. The van der Waals surface area contributed by atoms with Gasteiger partial charge in [0.25, 0.3) is 10.0 Å². The number of methoxy groups -OCH3 is 1. The SMILES string of the molecule is COc1ccc(SCC(=O)Nc2ccc(S(=O)(=O)Nc3ccccc3F)cc2)cc1. The van der Waals surface area contributed by atoms with Gasteiger partial charge in [0.05, 0.1) is 23.4 Å². The number of hydrogen-bond acceptors (Lipinski definition) is 5. The lowest BCUT2D eigenvalue weighted by atomic mass is 10.3. The summed E-state index contributed by atoms with van der Waals surface area (Å²) in [7, 11) is -2.36. The molecule has 3 aromatic rings. The number of rotatable bonds is 8. The lowest BCUT2D eigenvalue weighted by Gasteiger charge is -2.10. The fraction of sp³-hybridized carbons (Fsp3) is 0.0952. The molecule has 0 fully saturated rings. The summed E-state index contributed by atoms with van der Waals surface area (Å²) in [6.07, 6.45) is 0. The highest BCUT2D eigenvalue weighted by atomic mass is 32.2. The average molecular weight is 447 g/mol. The summed E-state index contributed by atoms with van der Waals surface area (Å²) in [4.78, 5) is 13.0. The Bertz CT molecular complexity index is 1120. The number of sulfonamides is 1. The molecule has 6 nitrogen and oxygen atoms in total. The minimum atomic E-state index is -3.95. The van der Waals surface area contributed by atoms with E-state index in [2.05, 4.69) is 10.0 Å². The predicted molar refractivity (Wildman–Crippen MR) is 116 cm³/mol. The number of carbonyl (C=O) groups is 1. The van der Waals surface area contributed by atoms with E-state index in [-0.39, 0.29) is 22.2 Å². The second-order valence-corrected chi connectivity index (χ2v) is 8.85. The number of nitrogens with one attached hydrogen (secondary N) is 2. The Morgan fingerprint density at radius 3 is 2.30 bits per heavy atom. The van der Waals surface area contributed by atoms with Crippen LogP contribution in [0.3, 0.4) is 0 Å². The van der Waals surface area contributed by atoms with E-state index in [9.17, 15) is 17.6 Å².